The third-order valence-corrected chi connectivity index (χ3v) is 2.85. The van der Waals surface area contributed by atoms with Crippen molar-refractivity contribution in [1.82, 2.24) is 5.32 Å². The molecule has 0 saturated carbocycles. The lowest BCUT2D eigenvalue weighted by Crippen LogP contribution is -2.22. The van der Waals surface area contributed by atoms with Crippen LogP contribution in [0.25, 0.3) is 0 Å². The second kappa shape index (κ2) is 5.44. The molecular formula is C15H15NO3. The molecular weight excluding hydrogens is 242 g/mol. The molecule has 0 aromatic heterocycles. The van der Waals surface area contributed by atoms with Crippen LogP contribution in [0.3, 0.4) is 0 Å². The van der Waals surface area contributed by atoms with E-state index in [2.05, 4.69) is 5.32 Å². The minimum absolute atomic E-state index is 0.00379. The van der Waals surface area contributed by atoms with E-state index < -0.39 is 0 Å². The molecule has 0 heterocycles. The lowest BCUT2D eigenvalue weighted by Gasteiger charge is -2.08. The third-order valence-electron chi connectivity index (χ3n) is 2.85. The predicted octanol–water partition coefficient (Wildman–Crippen LogP) is 2.34. The summed E-state index contributed by atoms with van der Waals surface area (Å²) in [7, 11) is 0. The molecule has 0 aliphatic heterocycles. The second-order valence-electron chi connectivity index (χ2n) is 4.32. The first-order valence-corrected chi connectivity index (χ1v) is 5.92. The zero-order valence-electron chi connectivity index (χ0n) is 10.6. The number of carbonyl (C=O) groups excluding carboxylic acids is 1. The minimum Gasteiger partial charge on any atom is -0.508 e. The number of hydrogen-bond acceptors (Lipinski definition) is 3. The van der Waals surface area contributed by atoms with Gasteiger partial charge in [0, 0.05) is 6.54 Å². The van der Waals surface area contributed by atoms with E-state index in [1.807, 2.05) is 0 Å². The molecule has 0 atom stereocenters. The summed E-state index contributed by atoms with van der Waals surface area (Å²) in [5.74, 6) is -0.189. The molecule has 0 spiro atoms. The van der Waals surface area contributed by atoms with Gasteiger partial charge in [-0.3, -0.25) is 4.79 Å². The van der Waals surface area contributed by atoms with Crippen LogP contribution in [0.4, 0.5) is 0 Å². The van der Waals surface area contributed by atoms with Crippen LogP contribution in [-0.2, 0) is 6.54 Å². The Morgan fingerprint density at radius 1 is 1.16 bits per heavy atom. The summed E-state index contributed by atoms with van der Waals surface area (Å²) in [5, 5.41) is 21.8. The standard InChI is InChI=1S/C15H15NO3/c1-10-4-2-7-13(14(10)18)15(19)16-9-11-5-3-6-12(17)8-11/h2-8,17-18H,9H2,1H3,(H,16,19). The fourth-order valence-electron chi connectivity index (χ4n) is 1.79. The number of nitrogens with one attached hydrogen (secondary N) is 1. The van der Waals surface area contributed by atoms with Crippen molar-refractivity contribution < 1.29 is 15.0 Å². The Morgan fingerprint density at radius 2 is 1.89 bits per heavy atom. The van der Waals surface area contributed by atoms with Crippen molar-refractivity contribution in [2.75, 3.05) is 0 Å². The Bertz CT molecular complexity index is 608. The van der Waals surface area contributed by atoms with Gasteiger partial charge in [0.2, 0.25) is 0 Å². The monoisotopic (exact) mass is 257 g/mol. The summed E-state index contributed by atoms with van der Waals surface area (Å²) in [5.41, 5.74) is 1.70. The fourth-order valence-corrected chi connectivity index (χ4v) is 1.79. The molecule has 98 valence electrons. The predicted molar refractivity (Wildman–Crippen MR) is 72.1 cm³/mol. The van der Waals surface area contributed by atoms with E-state index in [-0.39, 0.29) is 23.0 Å². The molecule has 0 bridgehead atoms. The van der Waals surface area contributed by atoms with Crippen molar-refractivity contribution in [3.05, 3.63) is 59.2 Å². The highest BCUT2D eigenvalue weighted by molar-refractivity contribution is 5.97. The quantitative estimate of drug-likeness (QED) is 0.790. The molecule has 2 rings (SSSR count). The molecule has 4 heteroatoms. The van der Waals surface area contributed by atoms with E-state index >= 15 is 0 Å². The average Bonchev–Trinajstić information content (AvgIpc) is 2.39. The van der Waals surface area contributed by atoms with E-state index in [1.165, 1.54) is 0 Å². The summed E-state index contributed by atoms with van der Waals surface area (Å²) in [4.78, 5) is 11.9. The summed E-state index contributed by atoms with van der Waals surface area (Å²) in [6.45, 7) is 2.03. The zero-order valence-corrected chi connectivity index (χ0v) is 10.6. The van der Waals surface area contributed by atoms with E-state index in [1.54, 1.807) is 49.4 Å². The molecule has 0 fully saturated rings. The van der Waals surface area contributed by atoms with E-state index in [0.717, 1.165) is 5.56 Å². The number of hydrogen-bond donors (Lipinski definition) is 3. The van der Waals surface area contributed by atoms with E-state index in [9.17, 15) is 15.0 Å². The maximum absolute atomic E-state index is 11.9. The molecule has 0 aliphatic carbocycles. The van der Waals surface area contributed by atoms with Crippen LogP contribution >= 0.6 is 0 Å². The first kappa shape index (κ1) is 13.0. The van der Waals surface area contributed by atoms with Crippen molar-refractivity contribution in [2.24, 2.45) is 0 Å². The zero-order chi connectivity index (χ0) is 13.8. The van der Waals surface area contributed by atoms with Crippen LogP contribution in [0, 0.1) is 6.92 Å². The Labute approximate surface area is 111 Å². The number of aryl methyl sites for hydroxylation is 1. The Hall–Kier alpha value is -2.49. The lowest BCUT2D eigenvalue weighted by molar-refractivity contribution is 0.0948. The van der Waals surface area contributed by atoms with Gasteiger partial charge in [0.05, 0.1) is 5.56 Å². The molecule has 0 aliphatic rings. The normalized spacial score (nSPS) is 10.2. The highest BCUT2D eigenvalue weighted by Crippen LogP contribution is 2.21. The molecule has 2 aromatic carbocycles. The lowest BCUT2D eigenvalue weighted by atomic mass is 10.1. The number of rotatable bonds is 3. The fraction of sp³-hybridized carbons (Fsp3) is 0.133. The smallest absolute Gasteiger partial charge is 0.255 e. The SMILES string of the molecule is Cc1cccc(C(=O)NCc2cccc(O)c2)c1O. The number of amides is 1. The Balaban J connectivity index is 2.08. The molecule has 1 amide bonds. The van der Waals surface area contributed by atoms with Gasteiger partial charge in [-0.2, -0.15) is 0 Å². The van der Waals surface area contributed by atoms with Gasteiger partial charge in [0.25, 0.3) is 5.91 Å². The average molecular weight is 257 g/mol. The van der Waals surface area contributed by atoms with Crippen LogP contribution in [0.5, 0.6) is 11.5 Å². The molecule has 0 unspecified atom stereocenters. The summed E-state index contributed by atoms with van der Waals surface area (Å²) in [6, 6.07) is 11.7. The first-order valence-electron chi connectivity index (χ1n) is 5.92. The highest BCUT2D eigenvalue weighted by Gasteiger charge is 2.11. The summed E-state index contributed by atoms with van der Waals surface area (Å²) < 4.78 is 0. The van der Waals surface area contributed by atoms with Crippen LogP contribution in [-0.4, -0.2) is 16.1 Å². The van der Waals surface area contributed by atoms with E-state index in [0.29, 0.717) is 12.1 Å². The van der Waals surface area contributed by atoms with E-state index in [4.69, 9.17) is 0 Å². The van der Waals surface area contributed by atoms with Gasteiger partial charge in [-0.25, -0.2) is 0 Å². The number of aromatic hydroxyl groups is 2. The number of carbonyl (C=O) groups is 1. The second-order valence-corrected chi connectivity index (χ2v) is 4.32. The summed E-state index contributed by atoms with van der Waals surface area (Å²) in [6.07, 6.45) is 0. The van der Waals surface area contributed by atoms with Gasteiger partial charge in [-0.1, -0.05) is 24.3 Å². The van der Waals surface area contributed by atoms with Crippen molar-refractivity contribution in [2.45, 2.75) is 13.5 Å². The minimum atomic E-state index is -0.343. The molecule has 0 saturated heterocycles. The summed E-state index contributed by atoms with van der Waals surface area (Å²) >= 11 is 0. The molecule has 0 radical (unpaired) electrons. The van der Waals surface area contributed by atoms with Gasteiger partial charge >= 0.3 is 0 Å². The molecule has 19 heavy (non-hydrogen) atoms. The maximum atomic E-state index is 11.9. The van der Waals surface area contributed by atoms with Gasteiger partial charge < -0.3 is 15.5 Å². The maximum Gasteiger partial charge on any atom is 0.255 e. The topological polar surface area (TPSA) is 69.6 Å². The van der Waals surface area contributed by atoms with Crippen LogP contribution < -0.4 is 5.32 Å². The van der Waals surface area contributed by atoms with Crippen molar-refractivity contribution >= 4 is 5.91 Å². The molecule has 3 N–H and O–H groups in total. The molecule has 2 aromatic rings. The van der Waals surface area contributed by atoms with Crippen molar-refractivity contribution in [3.8, 4) is 11.5 Å². The van der Waals surface area contributed by atoms with Gasteiger partial charge in [0.15, 0.2) is 0 Å². The number of para-hydroxylation sites is 1. The van der Waals surface area contributed by atoms with Crippen LogP contribution in [0.15, 0.2) is 42.5 Å². The van der Waals surface area contributed by atoms with Crippen LogP contribution in [0.2, 0.25) is 0 Å². The largest absolute Gasteiger partial charge is 0.508 e. The number of phenols is 2. The Kier molecular flexibility index (Phi) is 3.71. The van der Waals surface area contributed by atoms with Crippen molar-refractivity contribution in [1.29, 1.82) is 0 Å². The Morgan fingerprint density at radius 3 is 2.63 bits per heavy atom. The van der Waals surface area contributed by atoms with Gasteiger partial charge in [-0.15, -0.1) is 0 Å². The van der Waals surface area contributed by atoms with Gasteiger partial charge in [0.1, 0.15) is 11.5 Å². The number of benzene rings is 2. The van der Waals surface area contributed by atoms with Crippen LogP contribution in [0.1, 0.15) is 21.5 Å². The third kappa shape index (κ3) is 3.04. The highest BCUT2D eigenvalue weighted by atomic mass is 16.3. The van der Waals surface area contributed by atoms with Crippen molar-refractivity contribution in [3.63, 3.8) is 0 Å². The van der Waals surface area contributed by atoms with Gasteiger partial charge in [-0.05, 0) is 36.2 Å². The number of phenolic OH excluding ortho intramolecular Hbond substituents is 2. The molecule has 4 nitrogen and oxygen atoms in total. The first-order chi connectivity index (χ1) is 9.08.